The Bertz CT molecular complexity index is 468. The average Bonchev–Trinajstić information content (AvgIpc) is 2.44. The van der Waals surface area contributed by atoms with Crippen molar-refractivity contribution in [2.24, 2.45) is 5.92 Å². The van der Waals surface area contributed by atoms with Crippen molar-refractivity contribution in [3.05, 3.63) is 48.3 Å². The molecule has 4 nitrogen and oxygen atoms in total. The topological polar surface area (TPSA) is 52.6 Å². The van der Waals surface area contributed by atoms with Gasteiger partial charge in [-0.2, -0.15) is 0 Å². The lowest BCUT2D eigenvalue weighted by molar-refractivity contribution is -0.159. The van der Waals surface area contributed by atoms with Crippen LogP contribution in [0.25, 0.3) is 0 Å². The molecule has 0 N–H and O–H groups in total. The predicted molar refractivity (Wildman–Crippen MR) is 66.9 cm³/mol. The zero-order chi connectivity index (χ0) is 14.4. The Hall–Kier alpha value is -2.17. The molecule has 0 radical (unpaired) electrons. The highest BCUT2D eigenvalue weighted by molar-refractivity contribution is 5.96. The molecule has 0 spiro atoms. The minimum Gasteiger partial charge on any atom is -0.468 e. The van der Waals surface area contributed by atoms with E-state index >= 15 is 0 Å². The van der Waals surface area contributed by atoms with Gasteiger partial charge in [-0.3, -0.25) is 9.59 Å². The number of halogens is 1. The van der Waals surface area contributed by atoms with E-state index in [1.54, 1.807) is 6.07 Å². The Balaban J connectivity index is 3.24. The molecule has 102 valence electrons. The molecule has 1 rings (SSSR count). The third-order valence-electron chi connectivity index (χ3n) is 2.79. The first-order valence-electron chi connectivity index (χ1n) is 5.59. The van der Waals surface area contributed by atoms with E-state index in [0.717, 1.165) is 14.2 Å². The molecule has 0 amide bonds. The van der Waals surface area contributed by atoms with Crippen molar-refractivity contribution < 1.29 is 23.5 Å². The molecule has 0 heterocycles. The van der Waals surface area contributed by atoms with Gasteiger partial charge in [-0.25, -0.2) is 4.39 Å². The Labute approximate surface area is 110 Å². The van der Waals surface area contributed by atoms with Gasteiger partial charge in [0.15, 0.2) is 5.92 Å². The van der Waals surface area contributed by atoms with Crippen LogP contribution in [0.1, 0.15) is 11.5 Å². The summed E-state index contributed by atoms with van der Waals surface area (Å²) in [7, 11) is 2.31. The maximum Gasteiger partial charge on any atom is 0.321 e. The van der Waals surface area contributed by atoms with Crippen molar-refractivity contribution in [1.29, 1.82) is 0 Å². The molecular formula is C14H15FO4. The smallest absolute Gasteiger partial charge is 0.321 e. The van der Waals surface area contributed by atoms with Crippen LogP contribution < -0.4 is 0 Å². The molecule has 0 aliphatic rings. The van der Waals surface area contributed by atoms with Crippen LogP contribution in [0.3, 0.4) is 0 Å². The fourth-order valence-electron chi connectivity index (χ4n) is 1.83. The van der Waals surface area contributed by atoms with Crippen molar-refractivity contribution in [3.8, 4) is 0 Å². The van der Waals surface area contributed by atoms with Crippen LogP contribution in [0, 0.1) is 11.7 Å². The molecule has 0 aliphatic carbocycles. The zero-order valence-corrected chi connectivity index (χ0v) is 10.8. The molecule has 1 unspecified atom stereocenters. The highest BCUT2D eigenvalue weighted by Crippen LogP contribution is 2.29. The van der Waals surface area contributed by atoms with E-state index in [0.29, 0.717) is 0 Å². The number of ether oxygens (including phenoxy) is 2. The molecule has 0 saturated heterocycles. The first-order chi connectivity index (χ1) is 9.06. The molecule has 0 fully saturated rings. The van der Waals surface area contributed by atoms with Crippen LogP contribution in [-0.4, -0.2) is 26.2 Å². The number of hydrogen-bond donors (Lipinski definition) is 0. The Morgan fingerprint density at radius 3 is 2.16 bits per heavy atom. The number of carbonyl (C=O) groups is 2. The molecular weight excluding hydrogens is 251 g/mol. The maximum atomic E-state index is 13.8. The summed E-state index contributed by atoms with van der Waals surface area (Å²) >= 11 is 0. The van der Waals surface area contributed by atoms with Gasteiger partial charge in [-0.15, -0.1) is 6.58 Å². The highest BCUT2D eigenvalue weighted by Gasteiger charge is 2.37. The van der Waals surface area contributed by atoms with Crippen molar-refractivity contribution >= 4 is 11.9 Å². The zero-order valence-electron chi connectivity index (χ0n) is 10.8. The van der Waals surface area contributed by atoms with Gasteiger partial charge in [-0.1, -0.05) is 24.3 Å². The minimum atomic E-state index is -1.27. The summed E-state index contributed by atoms with van der Waals surface area (Å²) in [5.41, 5.74) is 0.193. The number of esters is 2. The number of hydrogen-bond acceptors (Lipinski definition) is 4. The van der Waals surface area contributed by atoms with Crippen molar-refractivity contribution in [3.63, 3.8) is 0 Å². The molecule has 0 bridgehead atoms. The highest BCUT2D eigenvalue weighted by atomic mass is 19.1. The second kappa shape index (κ2) is 6.68. The number of benzene rings is 1. The summed E-state index contributed by atoms with van der Waals surface area (Å²) in [5, 5.41) is 0. The normalized spacial score (nSPS) is 11.8. The van der Waals surface area contributed by atoms with E-state index in [-0.39, 0.29) is 5.56 Å². The summed E-state index contributed by atoms with van der Waals surface area (Å²) in [5.74, 6) is -4.23. The summed E-state index contributed by atoms with van der Waals surface area (Å²) < 4.78 is 22.9. The van der Waals surface area contributed by atoms with Crippen molar-refractivity contribution in [1.82, 2.24) is 0 Å². The van der Waals surface area contributed by atoms with E-state index in [2.05, 4.69) is 16.1 Å². The molecule has 0 saturated carbocycles. The monoisotopic (exact) mass is 266 g/mol. The van der Waals surface area contributed by atoms with Gasteiger partial charge in [0.2, 0.25) is 0 Å². The third-order valence-corrected chi connectivity index (χ3v) is 2.79. The molecule has 19 heavy (non-hydrogen) atoms. The Morgan fingerprint density at radius 1 is 1.21 bits per heavy atom. The lowest BCUT2D eigenvalue weighted by Gasteiger charge is -2.21. The van der Waals surface area contributed by atoms with Crippen LogP contribution in [0.4, 0.5) is 4.39 Å². The fraction of sp³-hybridized carbons (Fsp3) is 0.286. The number of carbonyl (C=O) groups excluding carboxylic acids is 2. The number of rotatable bonds is 5. The molecule has 0 aliphatic heterocycles. The number of methoxy groups -OCH3 is 2. The molecule has 1 aromatic rings. The lowest BCUT2D eigenvalue weighted by Crippen LogP contribution is -2.31. The molecule has 1 aromatic carbocycles. The first kappa shape index (κ1) is 14.9. The van der Waals surface area contributed by atoms with Gasteiger partial charge in [0, 0.05) is 5.92 Å². The summed E-state index contributed by atoms with van der Waals surface area (Å²) in [6.07, 6.45) is 1.33. The largest absolute Gasteiger partial charge is 0.468 e. The van der Waals surface area contributed by atoms with Crippen LogP contribution in [0.15, 0.2) is 36.9 Å². The maximum absolute atomic E-state index is 13.8. The summed E-state index contributed by atoms with van der Waals surface area (Å²) in [6, 6.07) is 5.86. The molecule has 0 aromatic heterocycles. The van der Waals surface area contributed by atoms with Crippen LogP contribution in [0.2, 0.25) is 0 Å². The second-order valence-electron chi connectivity index (χ2n) is 3.81. The summed E-state index contributed by atoms with van der Waals surface area (Å²) in [4.78, 5) is 23.4. The standard InChI is InChI=1S/C14H15FO4/c1-4-9(10-7-5-6-8-11(10)15)12(13(16)18-2)14(17)19-3/h4-9,12H,1H2,2-3H3. The van der Waals surface area contributed by atoms with Gasteiger partial charge in [0.1, 0.15) is 5.82 Å². The van der Waals surface area contributed by atoms with E-state index in [9.17, 15) is 14.0 Å². The fourth-order valence-corrected chi connectivity index (χ4v) is 1.83. The van der Waals surface area contributed by atoms with E-state index in [1.807, 2.05) is 0 Å². The van der Waals surface area contributed by atoms with Crippen molar-refractivity contribution in [2.75, 3.05) is 14.2 Å². The molecule has 5 heteroatoms. The lowest BCUT2D eigenvalue weighted by atomic mass is 9.85. The Kier molecular flexibility index (Phi) is 5.23. The van der Waals surface area contributed by atoms with Gasteiger partial charge < -0.3 is 9.47 Å². The average molecular weight is 266 g/mol. The third kappa shape index (κ3) is 3.19. The first-order valence-corrected chi connectivity index (χ1v) is 5.59. The summed E-state index contributed by atoms with van der Waals surface area (Å²) in [6.45, 7) is 3.55. The second-order valence-corrected chi connectivity index (χ2v) is 3.81. The minimum absolute atomic E-state index is 0.193. The Morgan fingerprint density at radius 2 is 1.74 bits per heavy atom. The van der Waals surface area contributed by atoms with Crippen LogP contribution in [-0.2, 0) is 19.1 Å². The van der Waals surface area contributed by atoms with Crippen LogP contribution in [0.5, 0.6) is 0 Å². The van der Waals surface area contributed by atoms with Gasteiger partial charge in [0.05, 0.1) is 14.2 Å². The van der Waals surface area contributed by atoms with E-state index in [4.69, 9.17) is 0 Å². The van der Waals surface area contributed by atoms with E-state index < -0.39 is 29.6 Å². The van der Waals surface area contributed by atoms with Crippen molar-refractivity contribution in [2.45, 2.75) is 5.92 Å². The van der Waals surface area contributed by atoms with Gasteiger partial charge in [-0.05, 0) is 11.6 Å². The SMILES string of the molecule is C=CC(c1ccccc1F)C(C(=O)OC)C(=O)OC. The molecule has 1 atom stereocenters. The quantitative estimate of drug-likeness (QED) is 0.465. The van der Waals surface area contributed by atoms with Gasteiger partial charge >= 0.3 is 11.9 Å². The van der Waals surface area contributed by atoms with E-state index in [1.165, 1.54) is 24.3 Å². The predicted octanol–water partition coefficient (Wildman–Crippen LogP) is 2.06. The van der Waals surface area contributed by atoms with Crippen LogP contribution >= 0.6 is 0 Å². The number of allylic oxidation sites excluding steroid dienone is 1. The van der Waals surface area contributed by atoms with Gasteiger partial charge in [0.25, 0.3) is 0 Å².